The first-order valence-corrected chi connectivity index (χ1v) is 15.2. The van der Waals surface area contributed by atoms with Crippen molar-refractivity contribution in [2.24, 2.45) is 0 Å². The van der Waals surface area contributed by atoms with Crippen molar-refractivity contribution < 1.29 is 33.3 Å². The Morgan fingerprint density at radius 3 is 2.15 bits per heavy atom. The van der Waals surface area contributed by atoms with Crippen LogP contribution in [0.15, 0.2) is 101 Å². The van der Waals surface area contributed by atoms with Crippen LogP contribution in [0, 0.1) is 0 Å². The Hall–Kier alpha value is -5.75. The van der Waals surface area contributed by atoms with Crippen LogP contribution in [-0.2, 0) is 18.9 Å². The van der Waals surface area contributed by atoms with E-state index in [1.165, 1.54) is 16.8 Å². The highest BCUT2D eigenvalue weighted by Gasteiger charge is 2.40. The lowest BCUT2D eigenvalue weighted by atomic mass is 10.1. The zero-order valence-electron chi connectivity index (χ0n) is 26.6. The van der Waals surface area contributed by atoms with Crippen LogP contribution in [0.2, 0.25) is 0 Å². The molecule has 248 valence electrons. The lowest BCUT2D eigenvalue weighted by Gasteiger charge is -2.19. The second-order valence-electron chi connectivity index (χ2n) is 12.0. The molecule has 1 aliphatic rings. The molecule has 0 unspecified atom stereocenters. The van der Waals surface area contributed by atoms with Crippen molar-refractivity contribution in [1.29, 1.82) is 0 Å². The highest BCUT2D eigenvalue weighted by atomic mass is 16.6. The first-order chi connectivity index (χ1) is 22.9. The van der Waals surface area contributed by atoms with E-state index >= 15 is 0 Å². The lowest BCUT2D eigenvalue weighted by molar-refractivity contribution is -0.0582. The van der Waals surface area contributed by atoms with E-state index in [9.17, 15) is 24.0 Å². The van der Waals surface area contributed by atoms with Gasteiger partial charge < -0.3 is 18.9 Å². The minimum absolute atomic E-state index is 0.0490. The van der Waals surface area contributed by atoms with Gasteiger partial charge in [0.25, 0.3) is 5.56 Å². The van der Waals surface area contributed by atoms with Crippen LogP contribution in [-0.4, -0.2) is 52.0 Å². The number of nitrogens with zero attached hydrogens (tertiary/aromatic N) is 1. The van der Waals surface area contributed by atoms with Crippen LogP contribution < -0.4 is 16.6 Å². The summed E-state index contributed by atoms with van der Waals surface area (Å²) in [5, 5.41) is 2.65. The molecule has 48 heavy (non-hydrogen) atoms. The fourth-order valence-corrected chi connectivity index (χ4v) is 4.86. The van der Waals surface area contributed by atoms with Crippen molar-refractivity contribution in [3.8, 4) is 0 Å². The van der Waals surface area contributed by atoms with Gasteiger partial charge in [-0.1, -0.05) is 54.6 Å². The fraction of sp³-hybridized carbons (Fsp3) is 0.250. The zero-order chi connectivity index (χ0) is 34.3. The van der Waals surface area contributed by atoms with Crippen molar-refractivity contribution >= 4 is 35.9 Å². The van der Waals surface area contributed by atoms with Crippen molar-refractivity contribution in [1.82, 2.24) is 9.55 Å². The van der Waals surface area contributed by atoms with Crippen molar-refractivity contribution in [3.05, 3.63) is 134 Å². The standard InChI is InChI=1S/C36H35N3O9/c1-36(2,3)48-35(44)37-27-18-15-23(16-19-27)14-17-26-21-39(34(43)38-31(26)40)30-20-28(47-33(42)25-12-8-5-9-13-25)29(46-30)22-45-32(41)24-10-6-4-7-11-24/h4-19,21,28-30H,20,22H2,1-3H3,(H,37,44)(H,38,40,43)/b17-14+/t28-,29+,30+/m0/s1. The molecule has 3 atom stereocenters. The van der Waals surface area contributed by atoms with E-state index in [0.717, 1.165) is 0 Å². The Labute approximate surface area is 275 Å². The first-order valence-electron chi connectivity index (χ1n) is 15.2. The number of aromatic nitrogens is 2. The summed E-state index contributed by atoms with van der Waals surface area (Å²) in [4.78, 5) is 65.6. The summed E-state index contributed by atoms with van der Waals surface area (Å²) in [6.45, 7) is 5.06. The highest BCUT2D eigenvalue weighted by molar-refractivity contribution is 5.90. The van der Waals surface area contributed by atoms with Gasteiger partial charge in [-0.15, -0.1) is 0 Å². The molecule has 5 rings (SSSR count). The number of hydrogen-bond acceptors (Lipinski definition) is 9. The van der Waals surface area contributed by atoms with Crippen LogP contribution in [0.25, 0.3) is 12.2 Å². The molecule has 0 bridgehead atoms. The molecule has 1 aromatic heterocycles. The van der Waals surface area contributed by atoms with E-state index < -0.39 is 53.3 Å². The monoisotopic (exact) mass is 653 g/mol. The smallest absolute Gasteiger partial charge is 0.412 e. The van der Waals surface area contributed by atoms with Crippen LogP contribution in [0.4, 0.5) is 10.5 Å². The van der Waals surface area contributed by atoms with Crippen molar-refractivity contribution in [2.75, 3.05) is 11.9 Å². The van der Waals surface area contributed by atoms with Gasteiger partial charge in [-0.25, -0.2) is 19.2 Å². The Kier molecular flexibility index (Phi) is 10.3. The minimum Gasteiger partial charge on any atom is -0.459 e. The van der Waals surface area contributed by atoms with Crippen molar-refractivity contribution in [3.63, 3.8) is 0 Å². The second-order valence-corrected chi connectivity index (χ2v) is 12.0. The topological polar surface area (TPSA) is 155 Å². The first kappa shape index (κ1) is 33.6. The number of carbonyl (C=O) groups excluding carboxylic acids is 3. The van der Waals surface area contributed by atoms with Crippen molar-refractivity contribution in [2.45, 2.75) is 51.2 Å². The summed E-state index contributed by atoms with van der Waals surface area (Å²) in [5.41, 5.74) is 0.0822. The molecule has 1 fully saturated rings. The average molecular weight is 654 g/mol. The maximum Gasteiger partial charge on any atom is 0.412 e. The largest absolute Gasteiger partial charge is 0.459 e. The van der Waals surface area contributed by atoms with Gasteiger partial charge in [-0.3, -0.25) is 19.7 Å². The van der Waals surface area contributed by atoms with E-state index in [2.05, 4.69) is 10.3 Å². The van der Waals surface area contributed by atoms with Gasteiger partial charge in [0.05, 0.1) is 16.7 Å². The number of rotatable bonds is 9. The predicted molar refractivity (Wildman–Crippen MR) is 177 cm³/mol. The summed E-state index contributed by atoms with van der Waals surface area (Å²) in [5.74, 6) is -1.19. The number of hydrogen-bond donors (Lipinski definition) is 2. The SMILES string of the molecule is CC(C)(C)OC(=O)Nc1ccc(/C=C/c2cn([C@H]3C[C@H](OC(=O)c4ccccc4)[C@@H](COC(=O)c4ccccc4)O3)c(=O)[nH]c2=O)cc1. The third-order valence-corrected chi connectivity index (χ3v) is 7.15. The lowest BCUT2D eigenvalue weighted by Crippen LogP contribution is -2.33. The molecule has 0 spiro atoms. The molecule has 12 nitrogen and oxygen atoms in total. The molecular formula is C36H35N3O9. The van der Waals surface area contributed by atoms with Crippen LogP contribution >= 0.6 is 0 Å². The maximum absolute atomic E-state index is 12.9. The van der Waals surface area contributed by atoms with Gasteiger partial charge in [0.2, 0.25) is 0 Å². The maximum atomic E-state index is 12.9. The molecule has 0 radical (unpaired) electrons. The molecule has 0 aliphatic carbocycles. The molecule has 1 amide bonds. The minimum atomic E-state index is -0.950. The number of anilines is 1. The molecule has 1 aliphatic heterocycles. The Morgan fingerprint density at radius 1 is 0.896 bits per heavy atom. The van der Waals surface area contributed by atoms with Gasteiger partial charge in [0.15, 0.2) is 0 Å². The molecule has 4 aromatic rings. The summed E-state index contributed by atoms with van der Waals surface area (Å²) in [6, 6.07) is 23.6. The van der Waals surface area contributed by atoms with E-state index in [0.29, 0.717) is 22.4 Å². The number of amides is 1. The summed E-state index contributed by atoms with van der Waals surface area (Å²) >= 11 is 0. The third kappa shape index (κ3) is 8.95. The van der Waals surface area contributed by atoms with Crippen LogP contribution in [0.3, 0.4) is 0 Å². The average Bonchev–Trinajstić information content (AvgIpc) is 3.45. The summed E-state index contributed by atoms with van der Waals surface area (Å²) in [7, 11) is 0. The summed E-state index contributed by atoms with van der Waals surface area (Å²) < 4.78 is 23.8. The van der Waals surface area contributed by atoms with Gasteiger partial charge in [0.1, 0.15) is 30.6 Å². The number of benzene rings is 3. The molecule has 2 heterocycles. The van der Waals surface area contributed by atoms with E-state index in [-0.39, 0.29) is 18.6 Å². The normalized spacial score (nSPS) is 17.5. The Balaban J connectivity index is 1.32. The third-order valence-electron chi connectivity index (χ3n) is 7.15. The molecule has 0 saturated carbocycles. The number of H-pyrrole nitrogens is 1. The number of esters is 2. The molecule has 12 heteroatoms. The van der Waals surface area contributed by atoms with E-state index in [4.69, 9.17) is 18.9 Å². The van der Waals surface area contributed by atoms with Crippen LogP contribution in [0.1, 0.15) is 65.3 Å². The fourth-order valence-electron chi connectivity index (χ4n) is 4.86. The second kappa shape index (κ2) is 14.8. The number of carbonyl (C=O) groups is 3. The molecule has 3 aromatic carbocycles. The highest BCUT2D eigenvalue weighted by Crippen LogP contribution is 2.31. The Morgan fingerprint density at radius 2 is 1.52 bits per heavy atom. The quantitative estimate of drug-likeness (QED) is 0.178. The van der Waals surface area contributed by atoms with Crippen LogP contribution in [0.5, 0.6) is 0 Å². The number of nitrogens with one attached hydrogen (secondary N) is 2. The number of ether oxygens (including phenoxy) is 4. The van der Waals surface area contributed by atoms with E-state index in [1.807, 2.05) is 0 Å². The van der Waals surface area contributed by atoms with Gasteiger partial charge in [-0.05, 0) is 68.8 Å². The zero-order valence-corrected chi connectivity index (χ0v) is 26.6. The van der Waals surface area contributed by atoms with Gasteiger partial charge in [-0.2, -0.15) is 0 Å². The van der Waals surface area contributed by atoms with E-state index in [1.54, 1.807) is 112 Å². The summed E-state index contributed by atoms with van der Waals surface area (Å²) in [6.07, 6.45) is 1.30. The van der Waals surface area contributed by atoms with Gasteiger partial charge in [0, 0.05) is 18.3 Å². The van der Waals surface area contributed by atoms with Gasteiger partial charge >= 0.3 is 23.7 Å². The molecule has 2 N–H and O–H groups in total. The Bertz CT molecular complexity index is 1890. The number of aromatic amines is 1. The molecule has 1 saturated heterocycles. The molecular weight excluding hydrogens is 618 g/mol. The predicted octanol–water partition coefficient (Wildman–Crippen LogP) is 5.42.